The van der Waals surface area contributed by atoms with Crippen LogP contribution in [-0.2, 0) is 14.3 Å². The van der Waals surface area contributed by atoms with E-state index in [1.807, 2.05) is 31.2 Å². The molecule has 6 heteroatoms. The van der Waals surface area contributed by atoms with Gasteiger partial charge in [0.25, 0.3) is 5.91 Å². The van der Waals surface area contributed by atoms with Crippen molar-refractivity contribution in [3.05, 3.63) is 41.6 Å². The Hall–Kier alpha value is -2.47. The summed E-state index contributed by atoms with van der Waals surface area (Å²) < 4.78 is 10.1. The molecule has 0 saturated carbocycles. The van der Waals surface area contributed by atoms with E-state index in [2.05, 4.69) is 10.3 Å². The van der Waals surface area contributed by atoms with E-state index in [4.69, 9.17) is 9.47 Å². The summed E-state index contributed by atoms with van der Waals surface area (Å²) in [6.45, 7) is 4.12. The van der Waals surface area contributed by atoms with Gasteiger partial charge >= 0.3 is 5.97 Å². The minimum atomic E-state index is -0.883. The first-order valence-corrected chi connectivity index (χ1v) is 7.37. The number of para-hydroxylation sites is 1. The number of hydrogen-bond donors (Lipinski definition) is 1. The standard InChI is InChI=1S/C17H20N2O4/c1-11-10-14(13-6-4-5-7-15(13)19-11)17(21)23-12(2)16(20)18-8-9-22-3/h4-7,10,12H,8-9H2,1-3H3,(H,18,20)/t12-/m0/s1. The van der Waals surface area contributed by atoms with Crippen LogP contribution in [0.3, 0.4) is 0 Å². The number of carbonyl (C=O) groups excluding carboxylic acids is 2. The summed E-state index contributed by atoms with van der Waals surface area (Å²) >= 11 is 0. The molecule has 2 aromatic rings. The molecule has 0 aliphatic carbocycles. The van der Waals surface area contributed by atoms with Crippen LogP contribution in [0.1, 0.15) is 23.0 Å². The Morgan fingerprint density at radius 2 is 2.04 bits per heavy atom. The number of methoxy groups -OCH3 is 1. The normalized spacial score (nSPS) is 12.0. The second-order valence-corrected chi connectivity index (χ2v) is 5.16. The van der Waals surface area contributed by atoms with Gasteiger partial charge in [0.1, 0.15) is 0 Å². The Labute approximate surface area is 134 Å². The van der Waals surface area contributed by atoms with Crippen LogP contribution >= 0.6 is 0 Å². The summed E-state index contributed by atoms with van der Waals surface area (Å²) in [5.41, 5.74) is 1.84. The van der Waals surface area contributed by atoms with Crippen molar-refractivity contribution in [3.8, 4) is 0 Å². The van der Waals surface area contributed by atoms with E-state index in [0.29, 0.717) is 29.8 Å². The van der Waals surface area contributed by atoms with Crippen molar-refractivity contribution >= 4 is 22.8 Å². The Balaban J connectivity index is 2.13. The summed E-state index contributed by atoms with van der Waals surface area (Å²) in [6, 6.07) is 8.99. The van der Waals surface area contributed by atoms with Crippen LogP contribution in [0, 0.1) is 6.92 Å². The number of hydrogen-bond acceptors (Lipinski definition) is 5. The van der Waals surface area contributed by atoms with E-state index in [-0.39, 0.29) is 5.91 Å². The van der Waals surface area contributed by atoms with Crippen LogP contribution in [-0.4, -0.2) is 43.2 Å². The smallest absolute Gasteiger partial charge is 0.339 e. The number of aromatic nitrogens is 1. The molecule has 1 N–H and O–H groups in total. The van der Waals surface area contributed by atoms with Gasteiger partial charge in [-0.25, -0.2) is 4.79 Å². The lowest BCUT2D eigenvalue weighted by atomic mass is 10.1. The quantitative estimate of drug-likeness (QED) is 0.650. The molecule has 2 rings (SSSR count). The Morgan fingerprint density at radius 1 is 1.30 bits per heavy atom. The molecule has 6 nitrogen and oxygen atoms in total. The molecule has 0 aliphatic heterocycles. The van der Waals surface area contributed by atoms with Crippen molar-refractivity contribution in [1.29, 1.82) is 0 Å². The Morgan fingerprint density at radius 3 is 2.78 bits per heavy atom. The first-order chi connectivity index (χ1) is 11.0. The molecular weight excluding hydrogens is 296 g/mol. The predicted octanol–water partition coefficient (Wildman–Crippen LogP) is 1.85. The lowest BCUT2D eigenvalue weighted by Gasteiger charge is -2.14. The topological polar surface area (TPSA) is 77.5 Å². The van der Waals surface area contributed by atoms with Gasteiger partial charge in [0, 0.05) is 24.7 Å². The summed E-state index contributed by atoms with van der Waals surface area (Å²) in [4.78, 5) is 28.6. The molecule has 1 amide bonds. The number of ether oxygens (including phenoxy) is 2. The van der Waals surface area contributed by atoms with E-state index >= 15 is 0 Å². The summed E-state index contributed by atoms with van der Waals surface area (Å²) in [5, 5.41) is 3.34. The van der Waals surface area contributed by atoms with Crippen LogP contribution in [0.4, 0.5) is 0 Å². The molecule has 0 fully saturated rings. The van der Waals surface area contributed by atoms with Gasteiger partial charge in [0.2, 0.25) is 0 Å². The molecule has 0 bridgehead atoms. The van der Waals surface area contributed by atoms with E-state index in [0.717, 1.165) is 5.52 Å². The SMILES string of the molecule is COCCNC(=O)[C@H](C)OC(=O)c1cc(C)nc2ccccc12. The molecule has 0 saturated heterocycles. The highest BCUT2D eigenvalue weighted by atomic mass is 16.5. The average molecular weight is 316 g/mol. The fourth-order valence-electron chi connectivity index (χ4n) is 2.17. The van der Waals surface area contributed by atoms with E-state index < -0.39 is 12.1 Å². The Bertz CT molecular complexity index is 715. The van der Waals surface area contributed by atoms with Crippen molar-refractivity contribution in [1.82, 2.24) is 10.3 Å². The predicted molar refractivity (Wildman–Crippen MR) is 86.2 cm³/mol. The zero-order valence-corrected chi connectivity index (χ0v) is 13.5. The summed E-state index contributed by atoms with van der Waals surface area (Å²) in [7, 11) is 1.55. The van der Waals surface area contributed by atoms with Crippen LogP contribution in [0.2, 0.25) is 0 Å². The molecular formula is C17H20N2O4. The first-order valence-electron chi connectivity index (χ1n) is 7.37. The van der Waals surface area contributed by atoms with Gasteiger partial charge in [-0.2, -0.15) is 0 Å². The van der Waals surface area contributed by atoms with Crippen LogP contribution < -0.4 is 5.32 Å². The minimum Gasteiger partial charge on any atom is -0.449 e. The van der Waals surface area contributed by atoms with Crippen LogP contribution in [0.15, 0.2) is 30.3 Å². The second-order valence-electron chi connectivity index (χ2n) is 5.16. The molecule has 1 atom stereocenters. The third-order valence-corrected chi connectivity index (χ3v) is 3.32. The summed E-state index contributed by atoms with van der Waals surface area (Å²) in [6.07, 6.45) is -0.883. The number of rotatable bonds is 6. The summed E-state index contributed by atoms with van der Waals surface area (Å²) in [5.74, 6) is -0.897. The molecule has 0 spiro atoms. The zero-order chi connectivity index (χ0) is 16.8. The van der Waals surface area contributed by atoms with Gasteiger partial charge in [-0.3, -0.25) is 9.78 Å². The number of esters is 1. The van der Waals surface area contributed by atoms with Crippen molar-refractivity contribution in [2.24, 2.45) is 0 Å². The van der Waals surface area contributed by atoms with Crippen molar-refractivity contribution < 1.29 is 19.1 Å². The molecule has 0 unspecified atom stereocenters. The lowest BCUT2D eigenvalue weighted by molar-refractivity contribution is -0.129. The van der Waals surface area contributed by atoms with E-state index in [9.17, 15) is 9.59 Å². The third-order valence-electron chi connectivity index (χ3n) is 3.32. The molecule has 122 valence electrons. The largest absolute Gasteiger partial charge is 0.449 e. The number of aryl methyl sites for hydroxylation is 1. The highest BCUT2D eigenvalue weighted by Gasteiger charge is 2.20. The highest BCUT2D eigenvalue weighted by molar-refractivity contribution is 6.04. The van der Waals surface area contributed by atoms with Gasteiger partial charge in [0.05, 0.1) is 17.7 Å². The molecule has 0 aliphatic rings. The Kier molecular flexibility index (Phi) is 5.65. The fraction of sp³-hybridized carbons (Fsp3) is 0.353. The van der Waals surface area contributed by atoms with E-state index in [1.165, 1.54) is 6.92 Å². The van der Waals surface area contributed by atoms with Crippen LogP contribution in [0.5, 0.6) is 0 Å². The maximum Gasteiger partial charge on any atom is 0.339 e. The van der Waals surface area contributed by atoms with Gasteiger partial charge in [0.15, 0.2) is 6.10 Å². The van der Waals surface area contributed by atoms with Crippen molar-refractivity contribution in [2.45, 2.75) is 20.0 Å². The zero-order valence-electron chi connectivity index (χ0n) is 13.5. The first kappa shape index (κ1) is 16.9. The number of benzene rings is 1. The maximum absolute atomic E-state index is 12.4. The molecule has 0 radical (unpaired) electrons. The number of pyridine rings is 1. The van der Waals surface area contributed by atoms with Gasteiger partial charge in [-0.15, -0.1) is 0 Å². The number of fused-ring (bicyclic) bond motifs is 1. The third kappa shape index (κ3) is 4.26. The second kappa shape index (κ2) is 7.69. The van der Waals surface area contributed by atoms with E-state index in [1.54, 1.807) is 13.2 Å². The van der Waals surface area contributed by atoms with Gasteiger partial charge in [-0.05, 0) is 26.0 Å². The van der Waals surface area contributed by atoms with Crippen molar-refractivity contribution in [3.63, 3.8) is 0 Å². The molecule has 23 heavy (non-hydrogen) atoms. The van der Waals surface area contributed by atoms with Gasteiger partial charge < -0.3 is 14.8 Å². The fourth-order valence-corrected chi connectivity index (χ4v) is 2.17. The van der Waals surface area contributed by atoms with Crippen LogP contribution in [0.25, 0.3) is 10.9 Å². The average Bonchev–Trinajstić information content (AvgIpc) is 2.53. The van der Waals surface area contributed by atoms with Crippen molar-refractivity contribution in [2.75, 3.05) is 20.3 Å². The monoisotopic (exact) mass is 316 g/mol. The minimum absolute atomic E-state index is 0.356. The number of nitrogens with zero attached hydrogens (tertiary/aromatic N) is 1. The number of nitrogens with one attached hydrogen (secondary N) is 1. The molecule has 1 heterocycles. The maximum atomic E-state index is 12.4. The number of amides is 1. The number of carbonyl (C=O) groups is 2. The molecule has 1 aromatic heterocycles. The lowest BCUT2D eigenvalue weighted by Crippen LogP contribution is -2.37. The van der Waals surface area contributed by atoms with Gasteiger partial charge in [-0.1, -0.05) is 18.2 Å². The highest BCUT2D eigenvalue weighted by Crippen LogP contribution is 2.19. The molecule has 1 aromatic carbocycles.